The largest absolute Gasteiger partial charge is 0.256 e. The van der Waals surface area contributed by atoms with Crippen LogP contribution in [0.2, 0.25) is 0 Å². The third-order valence-corrected chi connectivity index (χ3v) is 8.56. The van der Waals surface area contributed by atoms with Gasteiger partial charge >= 0.3 is 0 Å². The molecule has 1 aromatic heterocycles. The Bertz CT molecular complexity index is 1860. The maximum Gasteiger partial charge on any atom is 0.126 e. The minimum absolute atomic E-state index is 0.0312. The van der Waals surface area contributed by atoms with E-state index in [4.69, 9.17) is 9.98 Å². The lowest BCUT2D eigenvalue weighted by molar-refractivity contribution is 0.591. The number of benzene rings is 5. The Morgan fingerprint density at radius 1 is 0.775 bits per heavy atom. The first-order chi connectivity index (χ1) is 19.3. The van der Waals surface area contributed by atoms with Crippen molar-refractivity contribution in [2.45, 2.75) is 46.0 Å². The lowest BCUT2D eigenvalue weighted by Gasteiger charge is -2.20. The zero-order valence-corrected chi connectivity index (χ0v) is 24.6. The molecule has 0 aliphatic rings. The minimum atomic E-state index is 0.0312. The van der Waals surface area contributed by atoms with Crippen LogP contribution in [0.25, 0.3) is 42.7 Å². The first-order valence-electron chi connectivity index (χ1n) is 13.9. The quantitative estimate of drug-likeness (QED) is 0.200. The van der Waals surface area contributed by atoms with E-state index in [-0.39, 0.29) is 5.41 Å². The number of hydrogen-bond acceptors (Lipinski definition) is 3. The highest BCUT2D eigenvalue weighted by Gasteiger charge is 2.20. The Kier molecular flexibility index (Phi) is 6.85. The molecule has 0 atom stereocenters. The SMILES string of the molecule is CC(C)c1cccc(-c2cc(C(C)(C)C)cc3sc(-c4ccccc4N=Cc4cccc5ccccc45)nc23)c1. The van der Waals surface area contributed by atoms with Crippen molar-refractivity contribution in [2.75, 3.05) is 0 Å². The summed E-state index contributed by atoms with van der Waals surface area (Å²) in [7, 11) is 0. The van der Waals surface area contributed by atoms with Crippen LogP contribution in [0.4, 0.5) is 5.69 Å². The molecule has 0 fully saturated rings. The first-order valence-corrected chi connectivity index (χ1v) is 14.8. The molecule has 198 valence electrons. The number of nitrogens with zero attached hydrogens (tertiary/aromatic N) is 2. The molecule has 6 aromatic rings. The van der Waals surface area contributed by atoms with Gasteiger partial charge in [0.05, 0.1) is 15.9 Å². The maximum atomic E-state index is 5.27. The highest BCUT2D eigenvalue weighted by Crippen LogP contribution is 2.42. The normalized spacial score (nSPS) is 12.2. The van der Waals surface area contributed by atoms with Gasteiger partial charge in [0.2, 0.25) is 0 Å². The van der Waals surface area contributed by atoms with Gasteiger partial charge in [-0.1, -0.05) is 113 Å². The van der Waals surface area contributed by atoms with Crippen LogP contribution in [0, 0.1) is 0 Å². The molecule has 0 unspecified atom stereocenters. The van der Waals surface area contributed by atoms with Gasteiger partial charge in [-0.15, -0.1) is 11.3 Å². The van der Waals surface area contributed by atoms with E-state index in [2.05, 4.69) is 132 Å². The van der Waals surface area contributed by atoms with Crippen LogP contribution in [0.5, 0.6) is 0 Å². The van der Waals surface area contributed by atoms with Gasteiger partial charge in [0.25, 0.3) is 0 Å². The molecule has 0 spiro atoms. The standard InChI is InChI=1S/C37H34N2S/c1-24(2)26-14-11-15-27(20-26)32-21-29(37(3,4)5)22-34-35(32)39-36(40-34)31-18-8-9-19-33(31)38-23-28-16-10-13-25-12-6-7-17-30(25)28/h6-24H,1-5H3. The Morgan fingerprint density at radius 2 is 1.52 bits per heavy atom. The van der Waals surface area contributed by atoms with Gasteiger partial charge in [-0.2, -0.15) is 0 Å². The summed E-state index contributed by atoms with van der Waals surface area (Å²) < 4.78 is 1.21. The zero-order valence-electron chi connectivity index (χ0n) is 23.8. The lowest BCUT2D eigenvalue weighted by Crippen LogP contribution is -2.11. The molecular weight excluding hydrogens is 504 g/mol. The number of aromatic nitrogens is 1. The highest BCUT2D eigenvalue weighted by atomic mass is 32.1. The average molecular weight is 539 g/mol. The van der Waals surface area contributed by atoms with Crippen molar-refractivity contribution in [3.63, 3.8) is 0 Å². The van der Waals surface area contributed by atoms with E-state index in [1.165, 1.54) is 37.7 Å². The van der Waals surface area contributed by atoms with Crippen molar-refractivity contribution in [2.24, 2.45) is 4.99 Å². The van der Waals surface area contributed by atoms with Crippen LogP contribution >= 0.6 is 11.3 Å². The smallest absolute Gasteiger partial charge is 0.126 e. The number of aliphatic imine (C=N–C) groups is 1. The van der Waals surface area contributed by atoms with Gasteiger partial charge in [-0.05, 0) is 63.1 Å². The summed E-state index contributed by atoms with van der Waals surface area (Å²) in [6.07, 6.45) is 1.98. The number of thiazole rings is 1. The molecule has 3 heteroatoms. The third-order valence-electron chi connectivity index (χ3n) is 7.53. The van der Waals surface area contributed by atoms with E-state index < -0.39 is 0 Å². The predicted octanol–water partition coefficient (Wildman–Crippen LogP) is 11.0. The van der Waals surface area contributed by atoms with Crippen LogP contribution in [-0.4, -0.2) is 11.2 Å². The van der Waals surface area contributed by atoms with E-state index in [0.717, 1.165) is 27.3 Å². The van der Waals surface area contributed by atoms with Gasteiger partial charge in [-0.25, -0.2) is 4.98 Å². The monoisotopic (exact) mass is 538 g/mol. The second-order valence-electron chi connectivity index (χ2n) is 11.8. The van der Waals surface area contributed by atoms with Crippen molar-refractivity contribution in [3.8, 4) is 21.7 Å². The van der Waals surface area contributed by atoms with Crippen molar-refractivity contribution >= 4 is 44.2 Å². The Hall–Kier alpha value is -4.08. The van der Waals surface area contributed by atoms with Crippen molar-refractivity contribution in [1.82, 2.24) is 4.98 Å². The second kappa shape index (κ2) is 10.5. The summed E-state index contributed by atoms with van der Waals surface area (Å²) >= 11 is 1.75. The van der Waals surface area contributed by atoms with E-state index in [9.17, 15) is 0 Å². The molecule has 0 saturated carbocycles. The molecule has 0 aliphatic carbocycles. The summed E-state index contributed by atoms with van der Waals surface area (Å²) in [4.78, 5) is 10.3. The van der Waals surface area contributed by atoms with E-state index >= 15 is 0 Å². The number of hydrogen-bond donors (Lipinski definition) is 0. The van der Waals surface area contributed by atoms with Gasteiger partial charge in [-0.3, -0.25) is 4.99 Å². The second-order valence-corrected chi connectivity index (χ2v) is 12.8. The summed E-state index contributed by atoms with van der Waals surface area (Å²) in [5.41, 5.74) is 9.27. The summed E-state index contributed by atoms with van der Waals surface area (Å²) in [5.74, 6) is 0.471. The third kappa shape index (κ3) is 5.10. The topological polar surface area (TPSA) is 25.2 Å². The van der Waals surface area contributed by atoms with Gasteiger partial charge < -0.3 is 0 Å². The molecule has 0 radical (unpaired) electrons. The molecule has 2 nitrogen and oxygen atoms in total. The van der Waals surface area contributed by atoms with Crippen LogP contribution in [0.15, 0.2) is 108 Å². The molecule has 0 bridgehead atoms. The number of rotatable bonds is 5. The van der Waals surface area contributed by atoms with Crippen LogP contribution in [-0.2, 0) is 5.41 Å². The van der Waals surface area contributed by atoms with Crippen LogP contribution < -0.4 is 0 Å². The molecule has 0 N–H and O–H groups in total. The van der Waals surface area contributed by atoms with E-state index in [1.54, 1.807) is 11.3 Å². The van der Waals surface area contributed by atoms with E-state index in [1.807, 2.05) is 12.3 Å². The zero-order chi connectivity index (χ0) is 27.9. The fraction of sp³-hybridized carbons (Fsp3) is 0.189. The molecule has 40 heavy (non-hydrogen) atoms. The van der Waals surface area contributed by atoms with Crippen molar-refractivity contribution in [1.29, 1.82) is 0 Å². The fourth-order valence-corrected chi connectivity index (χ4v) is 6.20. The van der Waals surface area contributed by atoms with Crippen LogP contribution in [0.1, 0.15) is 57.2 Å². The molecule has 1 heterocycles. The maximum absolute atomic E-state index is 5.27. The minimum Gasteiger partial charge on any atom is -0.256 e. The molecular formula is C37H34N2S. The summed E-state index contributed by atoms with van der Waals surface area (Å²) in [6, 6.07) is 36.7. The fourth-order valence-electron chi connectivity index (χ4n) is 5.13. The average Bonchev–Trinajstić information content (AvgIpc) is 3.39. The predicted molar refractivity (Wildman–Crippen MR) is 174 cm³/mol. The molecule has 0 aliphatic heterocycles. The lowest BCUT2D eigenvalue weighted by atomic mass is 9.85. The number of para-hydroxylation sites is 1. The van der Waals surface area contributed by atoms with E-state index in [0.29, 0.717) is 5.92 Å². The molecule has 0 amide bonds. The van der Waals surface area contributed by atoms with Gasteiger partial charge in [0.1, 0.15) is 5.01 Å². The summed E-state index contributed by atoms with van der Waals surface area (Å²) in [6.45, 7) is 11.3. The first kappa shape index (κ1) is 26.2. The van der Waals surface area contributed by atoms with Gasteiger partial charge in [0, 0.05) is 22.9 Å². The highest BCUT2D eigenvalue weighted by molar-refractivity contribution is 7.21. The van der Waals surface area contributed by atoms with Crippen molar-refractivity contribution in [3.05, 3.63) is 120 Å². The Balaban J connectivity index is 1.49. The van der Waals surface area contributed by atoms with Crippen molar-refractivity contribution < 1.29 is 0 Å². The molecule has 6 rings (SSSR count). The molecule has 0 saturated heterocycles. The summed E-state index contributed by atoms with van der Waals surface area (Å²) in [5, 5.41) is 3.41. The number of fused-ring (bicyclic) bond motifs is 2. The Labute approximate surface area is 241 Å². The van der Waals surface area contributed by atoms with Gasteiger partial charge in [0.15, 0.2) is 0 Å². The Morgan fingerprint density at radius 3 is 2.35 bits per heavy atom. The molecule has 5 aromatic carbocycles. The van der Waals surface area contributed by atoms with Crippen LogP contribution in [0.3, 0.4) is 0 Å².